The van der Waals surface area contributed by atoms with E-state index in [0.29, 0.717) is 6.04 Å². The number of hydrogen-bond acceptors (Lipinski definition) is 3. The van der Waals surface area contributed by atoms with Gasteiger partial charge in [-0.1, -0.05) is 13.8 Å². The summed E-state index contributed by atoms with van der Waals surface area (Å²) in [6.07, 6.45) is 1.31. The lowest BCUT2D eigenvalue weighted by atomic mass is 10.0. The number of hydrogen-bond donors (Lipinski definition) is 1. The molecule has 0 aliphatic carbocycles. The van der Waals surface area contributed by atoms with Gasteiger partial charge in [-0.15, -0.1) is 0 Å². The van der Waals surface area contributed by atoms with Gasteiger partial charge in [-0.25, -0.2) is 0 Å². The molecule has 1 heterocycles. The molecule has 3 nitrogen and oxygen atoms in total. The van der Waals surface area contributed by atoms with Crippen LogP contribution in [0, 0.1) is 5.92 Å². The molecular formula is C13H29N3. The highest BCUT2D eigenvalue weighted by molar-refractivity contribution is 4.77. The van der Waals surface area contributed by atoms with E-state index in [-0.39, 0.29) is 0 Å². The van der Waals surface area contributed by atoms with Crippen molar-refractivity contribution in [1.82, 2.24) is 15.1 Å². The summed E-state index contributed by atoms with van der Waals surface area (Å²) in [5.74, 6) is 0.739. The Morgan fingerprint density at radius 3 is 2.56 bits per heavy atom. The van der Waals surface area contributed by atoms with Crippen molar-refractivity contribution >= 4 is 0 Å². The molecule has 16 heavy (non-hydrogen) atoms. The van der Waals surface area contributed by atoms with E-state index in [1.165, 1.54) is 32.6 Å². The molecule has 0 aromatic rings. The molecule has 2 atom stereocenters. The van der Waals surface area contributed by atoms with Gasteiger partial charge in [-0.05, 0) is 52.5 Å². The van der Waals surface area contributed by atoms with Crippen LogP contribution in [0.4, 0.5) is 0 Å². The van der Waals surface area contributed by atoms with Crippen molar-refractivity contribution in [2.45, 2.75) is 33.2 Å². The van der Waals surface area contributed by atoms with E-state index in [9.17, 15) is 0 Å². The molecule has 0 bridgehead atoms. The van der Waals surface area contributed by atoms with Crippen molar-refractivity contribution in [2.24, 2.45) is 5.92 Å². The second kappa shape index (κ2) is 7.25. The number of nitrogens with zero attached hydrogens (tertiary/aromatic N) is 2. The molecule has 3 heteroatoms. The van der Waals surface area contributed by atoms with Gasteiger partial charge in [0.1, 0.15) is 0 Å². The quantitative estimate of drug-likeness (QED) is 0.763. The van der Waals surface area contributed by atoms with Crippen LogP contribution in [0.3, 0.4) is 0 Å². The molecule has 0 spiro atoms. The van der Waals surface area contributed by atoms with Crippen LogP contribution in [-0.4, -0.2) is 62.2 Å². The number of nitrogens with one attached hydrogen (secondary N) is 1. The lowest BCUT2D eigenvalue weighted by molar-refractivity contribution is 0.165. The average Bonchev–Trinajstić information content (AvgIpc) is 2.50. The van der Waals surface area contributed by atoms with E-state index in [0.717, 1.165) is 19.0 Å². The van der Waals surface area contributed by atoms with Gasteiger partial charge in [0.2, 0.25) is 0 Å². The third-order valence-electron chi connectivity index (χ3n) is 3.87. The third-order valence-corrected chi connectivity index (χ3v) is 3.87. The van der Waals surface area contributed by atoms with E-state index in [1.54, 1.807) is 0 Å². The lowest BCUT2D eigenvalue weighted by Crippen LogP contribution is -2.42. The average molecular weight is 227 g/mol. The van der Waals surface area contributed by atoms with Crippen molar-refractivity contribution in [2.75, 3.05) is 46.3 Å². The highest BCUT2D eigenvalue weighted by atomic mass is 15.2. The van der Waals surface area contributed by atoms with Gasteiger partial charge >= 0.3 is 0 Å². The fourth-order valence-corrected chi connectivity index (χ4v) is 2.38. The van der Waals surface area contributed by atoms with Crippen LogP contribution in [0.2, 0.25) is 0 Å². The van der Waals surface area contributed by atoms with Crippen molar-refractivity contribution in [1.29, 1.82) is 0 Å². The third kappa shape index (κ3) is 4.40. The second-order valence-electron chi connectivity index (χ2n) is 5.22. The van der Waals surface area contributed by atoms with Crippen LogP contribution in [0.5, 0.6) is 0 Å². The first-order valence-electron chi connectivity index (χ1n) is 6.78. The van der Waals surface area contributed by atoms with Crippen molar-refractivity contribution in [3.8, 4) is 0 Å². The largest absolute Gasteiger partial charge is 0.317 e. The molecule has 0 saturated carbocycles. The molecule has 1 aliphatic rings. The van der Waals surface area contributed by atoms with Gasteiger partial charge < -0.3 is 10.2 Å². The standard InChI is InChI=1S/C13H29N3/c1-5-14-11-12(2)13(3)16-8-6-7-15(4)9-10-16/h12-14H,5-11H2,1-4H3. The molecule has 1 fully saturated rings. The van der Waals surface area contributed by atoms with E-state index < -0.39 is 0 Å². The number of rotatable bonds is 5. The molecule has 1 saturated heterocycles. The Bertz CT molecular complexity index is 184. The highest BCUT2D eigenvalue weighted by Gasteiger charge is 2.21. The fourth-order valence-electron chi connectivity index (χ4n) is 2.38. The maximum atomic E-state index is 3.46. The molecule has 1 aliphatic heterocycles. The smallest absolute Gasteiger partial charge is 0.0112 e. The zero-order chi connectivity index (χ0) is 12.0. The molecule has 2 unspecified atom stereocenters. The summed E-state index contributed by atoms with van der Waals surface area (Å²) in [5.41, 5.74) is 0. The maximum Gasteiger partial charge on any atom is 0.0112 e. The Morgan fingerprint density at radius 2 is 1.88 bits per heavy atom. The van der Waals surface area contributed by atoms with Crippen molar-refractivity contribution < 1.29 is 0 Å². The monoisotopic (exact) mass is 227 g/mol. The van der Waals surface area contributed by atoms with Gasteiger partial charge in [0.25, 0.3) is 0 Å². The molecule has 0 radical (unpaired) electrons. The minimum absolute atomic E-state index is 0.700. The summed E-state index contributed by atoms with van der Waals surface area (Å²) >= 11 is 0. The van der Waals surface area contributed by atoms with Crippen LogP contribution in [0.25, 0.3) is 0 Å². The minimum Gasteiger partial charge on any atom is -0.317 e. The van der Waals surface area contributed by atoms with E-state index in [2.05, 4.69) is 42.9 Å². The Kier molecular flexibility index (Phi) is 6.32. The normalized spacial score (nSPS) is 24.0. The van der Waals surface area contributed by atoms with Crippen LogP contribution in [-0.2, 0) is 0 Å². The molecule has 96 valence electrons. The Labute approximate surface area is 101 Å². The summed E-state index contributed by atoms with van der Waals surface area (Å²) in [6.45, 7) is 14.1. The molecule has 0 aromatic carbocycles. The van der Waals surface area contributed by atoms with Gasteiger partial charge in [-0.3, -0.25) is 4.90 Å². The van der Waals surface area contributed by atoms with Crippen LogP contribution in [0.1, 0.15) is 27.2 Å². The Balaban J connectivity index is 2.36. The summed E-state index contributed by atoms with van der Waals surface area (Å²) in [6, 6.07) is 0.700. The predicted molar refractivity (Wildman–Crippen MR) is 70.9 cm³/mol. The molecule has 0 amide bonds. The zero-order valence-corrected chi connectivity index (χ0v) is 11.5. The van der Waals surface area contributed by atoms with E-state index in [4.69, 9.17) is 0 Å². The molecular weight excluding hydrogens is 198 g/mol. The summed E-state index contributed by atoms with van der Waals surface area (Å²) in [4.78, 5) is 5.10. The molecule has 1 N–H and O–H groups in total. The van der Waals surface area contributed by atoms with Crippen LogP contribution in [0.15, 0.2) is 0 Å². The topological polar surface area (TPSA) is 18.5 Å². The fraction of sp³-hybridized carbons (Fsp3) is 1.00. The Hall–Kier alpha value is -0.120. The van der Waals surface area contributed by atoms with E-state index >= 15 is 0 Å². The summed E-state index contributed by atoms with van der Waals surface area (Å²) in [7, 11) is 2.23. The summed E-state index contributed by atoms with van der Waals surface area (Å²) < 4.78 is 0. The van der Waals surface area contributed by atoms with Crippen molar-refractivity contribution in [3.05, 3.63) is 0 Å². The molecule has 1 rings (SSSR count). The van der Waals surface area contributed by atoms with Gasteiger partial charge in [-0.2, -0.15) is 0 Å². The van der Waals surface area contributed by atoms with E-state index in [1.807, 2.05) is 0 Å². The van der Waals surface area contributed by atoms with Gasteiger partial charge in [0, 0.05) is 19.1 Å². The maximum absolute atomic E-state index is 3.46. The van der Waals surface area contributed by atoms with Crippen LogP contribution >= 0.6 is 0 Å². The van der Waals surface area contributed by atoms with Gasteiger partial charge in [0.05, 0.1) is 0 Å². The predicted octanol–water partition coefficient (Wildman–Crippen LogP) is 1.26. The number of likely N-dealkylation sites (N-methyl/N-ethyl adjacent to an activating group) is 1. The first kappa shape index (κ1) is 13.9. The first-order chi connectivity index (χ1) is 7.65. The second-order valence-corrected chi connectivity index (χ2v) is 5.22. The van der Waals surface area contributed by atoms with Crippen LogP contribution < -0.4 is 5.32 Å². The highest BCUT2D eigenvalue weighted by Crippen LogP contribution is 2.13. The summed E-state index contributed by atoms with van der Waals surface area (Å²) in [5, 5.41) is 3.46. The zero-order valence-electron chi connectivity index (χ0n) is 11.5. The minimum atomic E-state index is 0.700. The molecule has 0 aromatic heterocycles. The SMILES string of the molecule is CCNCC(C)C(C)N1CCCN(C)CC1. The Morgan fingerprint density at radius 1 is 1.12 bits per heavy atom. The van der Waals surface area contributed by atoms with Crippen molar-refractivity contribution in [3.63, 3.8) is 0 Å². The first-order valence-corrected chi connectivity index (χ1v) is 6.78. The van der Waals surface area contributed by atoms with Gasteiger partial charge in [0.15, 0.2) is 0 Å². The lowest BCUT2D eigenvalue weighted by Gasteiger charge is -2.32.